The van der Waals surface area contributed by atoms with Gasteiger partial charge in [0, 0.05) is 44.7 Å². The minimum absolute atomic E-state index is 0.0288. The Balaban J connectivity index is 1.35. The number of nitrogens with zero attached hydrogens (tertiary/aromatic N) is 4. The highest BCUT2D eigenvalue weighted by Crippen LogP contribution is 2.27. The van der Waals surface area contributed by atoms with Crippen molar-refractivity contribution in [1.29, 1.82) is 0 Å². The zero-order valence-electron chi connectivity index (χ0n) is 18.3. The Bertz CT molecular complexity index is 956. The lowest BCUT2D eigenvalue weighted by Gasteiger charge is -2.18. The fourth-order valence-electron chi connectivity index (χ4n) is 4.49. The van der Waals surface area contributed by atoms with Crippen LogP contribution in [0.4, 0.5) is 0 Å². The second kappa shape index (κ2) is 9.45. The molecule has 0 aliphatic carbocycles. The predicted molar refractivity (Wildman–Crippen MR) is 117 cm³/mol. The first kappa shape index (κ1) is 21.3. The lowest BCUT2D eigenvalue weighted by atomic mass is 10.1. The van der Waals surface area contributed by atoms with E-state index in [1.165, 1.54) is 0 Å². The molecule has 2 aliphatic heterocycles. The van der Waals surface area contributed by atoms with Crippen LogP contribution >= 0.6 is 0 Å². The van der Waals surface area contributed by atoms with Crippen molar-refractivity contribution >= 4 is 11.8 Å². The van der Waals surface area contributed by atoms with Gasteiger partial charge in [0.05, 0.1) is 18.4 Å². The normalized spacial score (nSPS) is 18.5. The Morgan fingerprint density at radius 1 is 1.13 bits per heavy atom. The van der Waals surface area contributed by atoms with E-state index in [1.54, 1.807) is 13.3 Å². The second-order valence-corrected chi connectivity index (χ2v) is 8.36. The quantitative estimate of drug-likeness (QED) is 0.715. The number of methoxy groups -OCH3 is 1. The summed E-state index contributed by atoms with van der Waals surface area (Å²) in [5.41, 5.74) is 2.36. The molecule has 0 radical (unpaired) electrons. The molecule has 1 aromatic carbocycles. The van der Waals surface area contributed by atoms with E-state index < -0.39 is 0 Å². The summed E-state index contributed by atoms with van der Waals surface area (Å²) in [5.74, 6) is 1.84. The highest BCUT2D eigenvalue weighted by molar-refractivity contribution is 5.95. The average Bonchev–Trinajstić information content (AvgIpc) is 3.50. The van der Waals surface area contributed by atoms with Crippen LogP contribution in [-0.4, -0.2) is 64.9 Å². The average molecular weight is 423 g/mol. The Hall–Kier alpha value is -2.96. The van der Waals surface area contributed by atoms with Gasteiger partial charge in [-0.3, -0.25) is 9.59 Å². The van der Waals surface area contributed by atoms with Crippen LogP contribution in [0.5, 0.6) is 5.75 Å². The van der Waals surface area contributed by atoms with Crippen LogP contribution in [0.2, 0.25) is 0 Å². The van der Waals surface area contributed by atoms with Crippen molar-refractivity contribution in [1.82, 2.24) is 19.8 Å². The lowest BCUT2D eigenvalue weighted by molar-refractivity contribution is -0.130. The van der Waals surface area contributed by atoms with Gasteiger partial charge in [0.1, 0.15) is 11.6 Å². The van der Waals surface area contributed by atoms with Crippen LogP contribution in [-0.2, 0) is 11.2 Å². The number of benzene rings is 1. The largest absolute Gasteiger partial charge is 0.496 e. The number of para-hydroxylation sites is 1. The van der Waals surface area contributed by atoms with Crippen LogP contribution in [0, 0.1) is 6.92 Å². The van der Waals surface area contributed by atoms with E-state index in [-0.39, 0.29) is 17.7 Å². The number of carbonyl (C=O) groups excluding carboxylic acids is 2. The molecule has 4 rings (SSSR count). The second-order valence-electron chi connectivity index (χ2n) is 8.36. The van der Waals surface area contributed by atoms with Gasteiger partial charge >= 0.3 is 0 Å². The Morgan fingerprint density at radius 3 is 2.65 bits per heavy atom. The molecule has 3 heterocycles. The van der Waals surface area contributed by atoms with E-state index in [2.05, 4.69) is 9.97 Å². The third kappa shape index (κ3) is 4.70. The summed E-state index contributed by atoms with van der Waals surface area (Å²) in [6.07, 6.45) is 5.76. The van der Waals surface area contributed by atoms with Crippen LogP contribution in [0.1, 0.15) is 59.0 Å². The highest BCUT2D eigenvalue weighted by atomic mass is 16.5. The number of likely N-dealkylation sites (tertiary alicyclic amines) is 2. The van der Waals surface area contributed by atoms with Gasteiger partial charge in [-0.2, -0.15) is 0 Å². The minimum atomic E-state index is 0.0288. The molecule has 2 amide bonds. The molecule has 0 spiro atoms. The number of carbonyl (C=O) groups is 2. The fourth-order valence-corrected chi connectivity index (χ4v) is 4.49. The van der Waals surface area contributed by atoms with Crippen molar-refractivity contribution in [3.05, 3.63) is 53.1 Å². The maximum absolute atomic E-state index is 12.7. The van der Waals surface area contributed by atoms with E-state index in [0.717, 1.165) is 55.2 Å². The van der Waals surface area contributed by atoms with Gasteiger partial charge in [0.15, 0.2) is 0 Å². The third-order valence-corrected chi connectivity index (χ3v) is 6.33. The number of aromatic nitrogens is 2. The molecule has 0 bridgehead atoms. The van der Waals surface area contributed by atoms with Gasteiger partial charge in [0.25, 0.3) is 5.91 Å². The molecule has 1 atom stereocenters. The van der Waals surface area contributed by atoms with Gasteiger partial charge in [0.2, 0.25) is 5.91 Å². The van der Waals surface area contributed by atoms with E-state index >= 15 is 0 Å². The third-order valence-electron chi connectivity index (χ3n) is 6.33. The lowest BCUT2D eigenvalue weighted by Crippen LogP contribution is -2.29. The molecule has 164 valence electrons. The van der Waals surface area contributed by atoms with E-state index in [1.807, 2.05) is 41.0 Å². The highest BCUT2D eigenvalue weighted by Gasteiger charge is 2.30. The van der Waals surface area contributed by atoms with Crippen LogP contribution in [0.25, 0.3) is 0 Å². The first-order valence-electron chi connectivity index (χ1n) is 11.1. The molecule has 1 aromatic heterocycles. The molecular formula is C24H30N4O3. The molecule has 0 saturated carbocycles. The van der Waals surface area contributed by atoms with Crippen molar-refractivity contribution in [2.45, 2.75) is 44.9 Å². The van der Waals surface area contributed by atoms with Gasteiger partial charge in [-0.05, 0) is 44.2 Å². The molecule has 2 saturated heterocycles. The van der Waals surface area contributed by atoms with Crippen molar-refractivity contribution in [3.63, 3.8) is 0 Å². The fraction of sp³-hybridized carbons (Fsp3) is 0.500. The monoisotopic (exact) mass is 422 g/mol. The SMILES string of the molecule is COc1ccccc1CCC(=O)N1CC[C@H](c2ncc(C(=O)N3CCCC3)c(C)n2)C1. The van der Waals surface area contributed by atoms with Gasteiger partial charge in [-0.25, -0.2) is 9.97 Å². The molecule has 31 heavy (non-hydrogen) atoms. The number of aryl methyl sites for hydroxylation is 2. The first-order chi connectivity index (χ1) is 15.1. The zero-order chi connectivity index (χ0) is 21.8. The summed E-state index contributed by atoms with van der Waals surface area (Å²) in [5, 5.41) is 0. The molecule has 7 nitrogen and oxygen atoms in total. The topological polar surface area (TPSA) is 75.6 Å². The summed E-state index contributed by atoms with van der Waals surface area (Å²) < 4.78 is 5.38. The number of ether oxygens (including phenoxy) is 1. The first-order valence-corrected chi connectivity index (χ1v) is 11.1. The van der Waals surface area contributed by atoms with Crippen molar-refractivity contribution in [3.8, 4) is 5.75 Å². The van der Waals surface area contributed by atoms with E-state index in [9.17, 15) is 9.59 Å². The van der Waals surface area contributed by atoms with Crippen molar-refractivity contribution in [2.75, 3.05) is 33.3 Å². The summed E-state index contributed by atoms with van der Waals surface area (Å²) >= 11 is 0. The predicted octanol–water partition coefficient (Wildman–Crippen LogP) is 2.98. The van der Waals surface area contributed by atoms with Crippen LogP contribution in [0.3, 0.4) is 0 Å². The standard InChI is InChI=1S/C24H30N4O3/c1-17-20(24(30)27-12-5-6-13-27)15-25-23(26-17)19-11-14-28(16-19)22(29)10-9-18-7-3-4-8-21(18)31-2/h3-4,7-8,15,19H,5-6,9-14,16H2,1-2H3/t19-/m0/s1. The zero-order valence-corrected chi connectivity index (χ0v) is 18.3. The summed E-state index contributed by atoms with van der Waals surface area (Å²) in [6.45, 7) is 4.85. The van der Waals surface area contributed by atoms with Gasteiger partial charge in [-0.1, -0.05) is 18.2 Å². The number of amides is 2. The Morgan fingerprint density at radius 2 is 1.90 bits per heavy atom. The molecule has 0 unspecified atom stereocenters. The Kier molecular flexibility index (Phi) is 6.49. The van der Waals surface area contributed by atoms with Gasteiger partial charge < -0.3 is 14.5 Å². The van der Waals surface area contributed by atoms with Crippen molar-refractivity contribution < 1.29 is 14.3 Å². The minimum Gasteiger partial charge on any atom is -0.496 e. The molecule has 2 fully saturated rings. The molecule has 7 heteroatoms. The smallest absolute Gasteiger partial charge is 0.257 e. The number of rotatable bonds is 6. The van der Waals surface area contributed by atoms with Crippen LogP contribution < -0.4 is 4.74 Å². The van der Waals surface area contributed by atoms with Crippen molar-refractivity contribution in [2.24, 2.45) is 0 Å². The van der Waals surface area contributed by atoms with E-state index in [4.69, 9.17) is 4.74 Å². The summed E-state index contributed by atoms with van der Waals surface area (Å²) in [7, 11) is 1.65. The summed E-state index contributed by atoms with van der Waals surface area (Å²) in [4.78, 5) is 38.3. The molecule has 2 aromatic rings. The number of hydrogen-bond acceptors (Lipinski definition) is 5. The maximum Gasteiger partial charge on any atom is 0.257 e. The van der Waals surface area contributed by atoms with Gasteiger partial charge in [-0.15, -0.1) is 0 Å². The van der Waals surface area contributed by atoms with Crippen LogP contribution in [0.15, 0.2) is 30.5 Å². The molecule has 0 N–H and O–H groups in total. The summed E-state index contributed by atoms with van der Waals surface area (Å²) in [6, 6.07) is 7.82. The number of hydrogen-bond donors (Lipinski definition) is 0. The molecule has 2 aliphatic rings. The molecular weight excluding hydrogens is 392 g/mol. The Labute approximate surface area is 183 Å². The van der Waals surface area contributed by atoms with E-state index in [0.29, 0.717) is 31.5 Å². The maximum atomic E-state index is 12.7.